The number of aromatic nitrogens is 2. The molecule has 1 atom stereocenters. The first-order valence-corrected chi connectivity index (χ1v) is 8.08. The minimum Gasteiger partial charge on any atom is -0.369 e. The lowest BCUT2D eigenvalue weighted by Gasteiger charge is -2.13. The average Bonchev–Trinajstić information content (AvgIpc) is 3.07. The second kappa shape index (κ2) is 7.91. The zero-order chi connectivity index (χ0) is 20.4. The van der Waals surface area contributed by atoms with Crippen LogP contribution >= 0.6 is 11.6 Å². The molecule has 0 saturated carbocycles. The third kappa shape index (κ3) is 4.94. The van der Waals surface area contributed by atoms with Gasteiger partial charge in [0.2, 0.25) is 0 Å². The minimum atomic E-state index is -4.58. The molecule has 0 fully saturated rings. The summed E-state index contributed by atoms with van der Waals surface area (Å²) in [5.41, 5.74) is -0.697. The highest BCUT2D eigenvalue weighted by atomic mass is 35.5. The van der Waals surface area contributed by atoms with E-state index in [4.69, 9.17) is 11.6 Å². The number of aromatic amines is 1. The molecule has 1 amide bonds. The van der Waals surface area contributed by atoms with Crippen LogP contribution in [0.5, 0.6) is 0 Å². The van der Waals surface area contributed by atoms with Crippen LogP contribution in [-0.2, 0) is 6.18 Å². The van der Waals surface area contributed by atoms with Crippen molar-refractivity contribution in [1.82, 2.24) is 14.9 Å². The molecule has 144 valence electrons. The molecule has 0 spiro atoms. The summed E-state index contributed by atoms with van der Waals surface area (Å²) in [5.74, 6) is -1.92. The predicted molar refractivity (Wildman–Crippen MR) is 94.3 cm³/mol. The summed E-state index contributed by atoms with van der Waals surface area (Å²) in [4.78, 5) is 36.1. The summed E-state index contributed by atoms with van der Waals surface area (Å²) >= 11 is 5.89. The van der Waals surface area contributed by atoms with Gasteiger partial charge in [-0.15, -0.1) is 0 Å². The molecule has 0 saturated heterocycles. The molecule has 1 unspecified atom stereocenters. The topological polar surface area (TPSA) is 78.4 Å². The van der Waals surface area contributed by atoms with Crippen molar-refractivity contribution in [3.8, 4) is 0 Å². The Morgan fingerprint density at radius 3 is 2.56 bits per heavy atom. The van der Waals surface area contributed by atoms with E-state index >= 15 is 0 Å². The van der Waals surface area contributed by atoms with E-state index in [1.807, 2.05) is 0 Å². The van der Waals surface area contributed by atoms with Crippen molar-refractivity contribution in [2.45, 2.75) is 19.0 Å². The summed E-state index contributed by atoms with van der Waals surface area (Å²) in [6.45, 7) is 1.47. The second-order valence-corrected chi connectivity index (χ2v) is 6.40. The highest BCUT2D eigenvalue weighted by Gasteiger charge is 2.32. The summed E-state index contributed by atoms with van der Waals surface area (Å²) in [5, 5.41) is -0.256. The van der Waals surface area contributed by atoms with Gasteiger partial charge in [-0.3, -0.25) is 14.6 Å². The van der Waals surface area contributed by atoms with Crippen molar-refractivity contribution in [2.24, 2.45) is 4.99 Å². The van der Waals surface area contributed by atoms with Crippen LogP contribution in [0.4, 0.5) is 13.2 Å². The predicted octanol–water partition coefficient (Wildman–Crippen LogP) is 3.80. The van der Waals surface area contributed by atoms with Gasteiger partial charge in [-0.05, 0) is 19.1 Å². The molecule has 0 aliphatic rings. The van der Waals surface area contributed by atoms with Crippen molar-refractivity contribution in [3.63, 3.8) is 0 Å². The number of halogens is 4. The molecule has 1 N–H and O–H groups in total. The molecule has 6 nitrogen and oxygen atoms in total. The normalized spacial score (nSPS) is 13.0. The number of carbonyl (C=O) groups excluding carboxylic acids is 2. The number of aliphatic imine (C=N–C) groups is 1. The monoisotopic (exact) mass is 400 g/mol. The van der Waals surface area contributed by atoms with Crippen LogP contribution in [0.3, 0.4) is 0 Å². The zero-order valence-corrected chi connectivity index (χ0v) is 15.4. The maximum atomic E-state index is 12.7. The standard InChI is InChI=1S/C17H16ClF3N4O2/c1-9(14-12(18)5-11(7-23-14)17(19,20)21)15(26)10-4-13(22-6-10)16(27)24-8-25(2)3/h4-9,22H,1-3H3. The number of amides is 1. The van der Waals surface area contributed by atoms with Crippen LogP contribution in [-0.4, -0.2) is 47.0 Å². The van der Waals surface area contributed by atoms with Crippen LogP contribution in [0.25, 0.3) is 0 Å². The van der Waals surface area contributed by atoms with E-state index in [0.29, 0.717) is 6.20 Å². The first kappa shape index (κ1) is 20.6. The van der Waals surface area contributed by atoms with Crippen molar-refractivity contribution < 1.29 is 22.8 Å². The molecular weight excluding hydrogens is 385 g/mol. The van der Waals surface area contributed by atoms with E-state index in [-0.39, 0.29) is 22.0 Å². The zero-order valence-electron chi connectivity index (χ0n) is 14.6. The van der Waals surface area contributed by atoms with Gasteiger partial charge in [-0.2, -0.15) is 18.2 Å². The van der Waals surface area contributed by atoms with Crippen LogP contribution in [0.1, 0.15) is 44.9 Å². The quantitative estimate of drug-likeness (QED) is 0.470. The molecule has 10 heteroatoms. The first-order chi connectivity index (χ1) is 12.5. The molecule has 2 heterocycles. The number of H-pyrrole nitrogens is 1. The maximum absolute atomic E-state index is 12.7. The van der Waals surface area contributed by atoms with Gasteiger partial charge < -0.3 is 9.88 Å². The number of ketones is 1. The fraction of sp³-hybridized carbons (Fsp3) is 0.294. The number of carbonyl (C=O) groups is 2. The molecule has 0 aliphatic heterocycles. The fourth-order valence-corrected chi connectivity index (χ4v) is 2.52. The number of nitrogens with zero attached hydrogens (tertiary/aromatic N) is 3. The summed E-state index contributed by atoms with van der Waals surface area (Å²) in [6, 6.07) is 2.06. The number of rotatable bonds is 5. The van der Waals surface area contributed by atoms with Gasteiger partial charge in [-0.25, -0.2) is 0 Å². The number of nitrogens with one attached hydrogen (secondary N) is 1. The van der Waals surface area contributed by atoms with Gasteiger partial charge in [0.25, 0.3) is 5.91 Å². The smallest absolute Gasteiger partial charge is 0.369 e. The number of pyridine rings is 1. The molecule has 2 aromatic rings. The molecule has 2 rings (SSSR count). The average molecular weight is 401 g/mol. The highest BCUT2D eigenvalue weighted by Crippen LogP contribution is 2.33. The lowest BCUT2D eigenvalue weighted by molar-refractivity contribution is -0.137. The van der Waals surface area contributed by atoms with Gasteiger partial charge in [-0.1, -0.05) is 11.6 Å². The number of hydrogen-bond donors (Lipinski definition) is 1. The van der Waals surface area contributed by atoms with Gasteiger partial charge in [0.1, 0.15) is 5.69 Å². The van der Waals surface area contributed by atoms with E-state index in [1.165, 1.54) is 25.5 Å². The molecule has 0 bridgehead atoms. The minimum absolute atomic E-state index is 0.0226. The van der Waals surface area contributed by atoms with Crippen LogP contribution in [0.2, 0.25) is 5.02 Å². The Morgan fingerprint density at radius 2 is 2.00 bits per heavy atom. The fourth-order valence-electron chi connectivity index (χ4n) is 2.19. The number of alkyl halides is 3. The van der Waals surface area contributed by atoms with E-state index in [1.54, 1.807) is 19.0 Å². The van der Waals surface area contributed by atoms with E-state index in [9.17, 15) is 22.8 Å². The lowest BCUT2D eigenvalue weighted by Crippen LogP contribution is -2.13. The molecule has 0 aliphatic carbocycles. The van der Waals surface area contributed by atoms with Gasteiger partial charge in [0.05, 0.1) is 28.5 Å². The largest absolute Gasteiger partial charge is 0.417 e. The van der Waals surface area contributed by atoms with Gasteiger partial charge >= 0.3 is 6.18 Å². The first-order valence-electron chi connectivity index (χ1n) is 7.71. The third-order valence-corrected chi connectivity index (χ3v) is 3.91. The van der Waals surface area contributed by atoms with Crippen LogP contribution in [0, 0.1) is 0 Å². The Hall–Kier alpha value is -2.68. The van der Waals surface area contributed by atoms with E-state index in [2.05, 4.69) is 15.0 Å². The number of Topliss-reactive ketones (excluding diaryl/α,β-unsaturated/α-hetero) is 1. The Morgan fingerprint density at radius 1 is 1.33 bits per heavy atom. The van der Waals surface area contributed by atoms with Crippen molar-refractivity contribution in [3.05, 3.63) is 52.1 Å². The van der Waals surface area contributed by atoms with Crippen LogP contribution in [0.15, 0.2) is 29.5 Å². The summed E-state index contributed by atoms with van der Waals surface area (Å²) in [7, 11) is 3.39. The van der Waals surface area contributed by atoms with Crippen molar-refractivity contribution in [2.75, 3.05) is 14.1 Å². The lowest BCUT2D eigenvalue weighted by atomic mass is 9.97. The van der Waals surface area contributed by atoms with Crippen molar-refractivity contribution >= 4 is 29.6 Å². The van der Waals surface area contributed by atoms with Crippen molar-refractivity contribution in [1.29, 1.82) is 0 Å². The molecule has 0 aromatic carbocycles. The Bertz CT molecular complexity index is 891. The molecule has 27 heavy (non-hydrogen) atoms. The summed E-state index contributed by atoms with van der Waals surface area (Å²) < 4.78 is 38.1. The highest BCUT2D eigenvalue weighted by molar-refractivity contribution is 6.31. The third-order valence-electron chi connectivity index (χ3n) is 3.60. The van der Waals surface area contributed by atoms with Gasteiger partial charge in [0, 0.05) is 32.1 Å². The molecule has 2 aromatic heterocycles. The molecular formula is C17H16ClF3N4O2. The Balaban J connectivity index is 2.22. The SMILES string of the molecule is CC(C(=O)c1c[nH]c(C(=O)N=CN(C)C)c1)c1ncc(C(F)(F)F)cc1Cl. The van der Waals surface area contributed by atoms with Crippen LogP contribution < -0.4 is 0 Å². The molecule has 0 radical (unpaired) electrons. The van der Waals surface area contributed by atoms with E-state index in [0.717, 1.165) is 6.07 Å². The maximum Gasteiger partial charge on any atom is 0.417 e. The van der Waals surface area contributed by atoms with Gasteiger partial charge in [0.15, 0.2) is 5.78 Å². The summed E-state index contributed by atoms with van der Waals surface area (Å²) in [6.07, 6.45) is -1.30. The second-order valence-electron chi connectivity index (χ2n) is 5.99. The Kier molecular flexibility index (Phi) is 6.04. The number of hydrogen-bond acceptors (Lipinski definition) is 3. The Labute approximate surface area is 158 Å². The van der Waals surface area contributed by atoms with E-state index < -0.39 is 29.3 Å².